The summed E-state index contributed by atoms with van der Waals surface area (Å²) in [5.41, 5.74) is 0. The Morgan fingerprint density at radius 1 is 0.833 bits per heavy atom. The standard InChI is InChI=1S/C3N3O4P.H3P/c7-1-4-11(10,5-2-8)6-3-9;/h;1H3. The van der Waals surface area contributed by atoms with Crippen molar-refractivity contribution < 1.29 is 18.9 Å². The first-order chi connectivity index (χ1) is 5.18. The fraction of sp³-hybridized carbons (Fsp3) is 0. The van der Waals surface area contributed by atoms with Gasteiger partial charge in [-0.3, -0.25) is 0 Å². The van der Waals surface area contributed by atoms with Crippen molar-refractivity contribution in [3.8, 4) is 0 Å². The fourth-order valence-corrected chi connectivity index (χ4v) is 0.680. The van der Waals surface area contributed by atoms with Gasteiger partial charge in [0.2, 0.25) is 18.2 Å². The number of isocyanates is 3. The molecule has 0 saturated carbocycles. The predicted octanol–water partition coefficient (Wildman–Crippen LogP) is 0.160. The zero-order valence-electron chi connectivity index (χ0n) is 5.63. The minimum absolute atomic E-state index is 0. The highest BCUT2D eigenvalue weighted by Gasteiger charge is 2.17. The Morgan fingerprint density at radius 3 is 1.25 bits per heavy atom. The van der Waals surface area contributed by atoms with Gasteiger partial charge in [0.15, 0.2) is 0 Å². The molecule has 0 amide bonds. The van der Waals surface area contributed by atoms with Gasteiger partial charge in [0.05, 0.1) is 0 Å². The molecule has 1 atom stereocenters. The van der Waals surface area contributed by atoms with Crippen LogP contribution in [-0.4, -0.2) is 18.2 Å². The van der Waals surface area contributed by atoms with Gasteiger partial charge in [0.1, 0.15) is 0 Å². The van der Waals surface area contributed by atoms with Crippen LogP contribution in [0.2, 0.25) is 0 Å². The molecule has 9 heteroatoms. The molecule has 0 heterocycles. The molecule has 0 radical (unpaired) electrons. The number of carbonyl (C=O) groups excluding carboxylic acids is 3. The highest BCUT2D eigenvalue weighted by Crippen LogP contribution is 2.48. The molecule has 0 spiro atoms. The van der Waals surface area contributed by atoms with E-state index in [1.807, 2.05) is 0 Å². The Labute approximate surface area is 69.8 Å². The van der Waals surface area contributed by atoms with E-state index in [0.29, 0.717) is 0 Å². The van der Waals surface area contributed by atoms with Crippen molar-refractivity contribution in [1.29, 1.82) is 0 Å². The normalized spacial score (nSPS) is 11.7. The van der Waals surface area contributed by atoms with Crippen molar-refractivity contribution in [2.24, 2.45) is 14.3 Å². The van der Waals surface area contributed by atoms with E-state index in [9.17, 15) is 18.9 Å². The Morgan fingerprint density at radius 2 is 1.08 bits per heavy atom. The summed E-state index contributed by atoms with van der Waals surface area (Å²) in [7, 11) is -4.12. The van der Waals surface area contributed by atoms with Gasteiger partial charge in [-0.1, -0.05) is 0 Å². The third kappa shape index (κ3) is 4.59. The highest BCUT2D eigenvalue weighted by molar-refractivity contribution is 7.60. The van der Waals surface area contributed by atoms with Crippen LogP contribution in [0.25, 0.3) is 0 Å². The quantitative estimate of drug-likeness (QED) is 0.373. The lowest BCUT2D eigenvalue weighted by molar-refractivity contribution is 0.556. The average Bonchev–Trinajstić information content (AvgIpc) is 1.88. The summed E-state index contributed by atoms with van der Waals surface area (Å²) >= 11 is 0. The van der Waals surface area contributed by atoms with Gasteiger partial charge in [-0.05, 0) is 0 Å². The number of hydrogen-bond donors (Lipinski definition) is 0. The molecule has 0 fully saturated rings. The van der Waals surface area contributed by atoms with Crippen LogP contribution in [0.1, 0.15) is 0 Å². The lowest BCUT2D eigenvalue weighted by Gasteiger charge is -1.87. The molecular weight excluding hydrogens is 204 g/mol. The Bertz CT molecular complexity index is 281. The van der Waals surface area contributed by atoms with Crippen molar-refractivity contribution in [3.63, 3.8) is 0 Å². The molecule has 0 N–H and O–H groups in total. The van der Waals surface area contributed by atoms with Crippen LogP contribution < -0.4 is 0 Å². The van der Waals surface area contributed by atoms with E-state index >= 15 is 0 Å². The monoisotopic (exact) mass is 207 g/mol. The minimum atomic E-state index is -4.12. The zero-order chi connectivity index (χ0) is 8.74. The Kier molecular flexibility index (Phi) is 7.26. The Balaban J connectivity index is 0. The largest absolute Gasteiger partial charge is 0.446 e. The molecule has 64 valence electrons. The van der Waals surface area contributed by atoms with E-state index in [0.717, 1.165) is 18.2 Å². The predicted molar refractivity (Wildman–Crippen MR) is 43.1 cm³/mol. The van der Waals surface area contributed by atoms with E-state index in [2.05, 4.69) is 14.3 Å². The Hall–Kier alpha value is -1.20. The number of nitrogens with zero attached hydrogens (tertiary/aromatic N) is 3. The molecule has 7 nitrogen and oxygen atoms in total. The average molecular weight is 207 g/mol. The summed E-state index contributed by atoms with van der Waals surface area (Å²) < 4.78 is 18.3. The first kappa shape index (κ1) is 13.4. The molecular formula is C3H3N3O4P2. The summed E-state index contributed by atoms with van der Waals surface area (Å²) in [5, 5.41) is 0. The molecule has 0 aromatic carbocycles. The van der Waals surface area contributed by atoms with Gasteiger partial charge in [0, 0.05) is 0 Å². The SMILES string of the molecule is O=C=NP(=O)(N=C=O)N=C=O.P. The van der Waals surface area contributed by atoms with Crippen molar-refractivity contribution in [1.82, 2.24) is 0 Å². The second kappa shape index (κ2) is 6.51. The van der Waals surface area contributed by atoms with Gasteiger partial charge >= 0.3 is 7.59 Å². The summed E-state index contributed by atoms with van der Waals surface area (Å²) in [6.07, 6.45) is 2.53. The second-order valence-corrected chi connectivity index (χ2v) is 2.71. The molecule has 0 aromatic heterocycles. The van der Waals surface area contributed by atoms with E-state index in [1.165, 1.54) is 0 Å². The first-order valence-electron chi connectivity index (χ1n) is 2.07. The van der Waals surface area contributed by atoms with Crippen LogP contribution >= 0.6 is 17.5 Å². The topological polar surface area (TPSA) is 105 Å². The van der Waals surface area contributed by atoms with Crippen molar-refractivity contribution in [2.75, 3.05) is 0 Å². The van der Waals surface area contributed by atoms with E-state index < -0.39 is 7.59 Å². The summed E-state index contributed by atoms with van der Waals surface area (Å²) in [6, 6.07) is 0. The van der Waals surface area contributed by atoms with Crippen LogP contribution in [0.15, 0.2) is 14.3 Å². The first-order valence-corrected chi connectivity index (χ1v) is 3.63. The molecule has 12 heavy (non-hydrogen) atoms. The fourth-order valence-electron chi connectivity index (χ4n) is 0.227. The van der Waals surface area contributed by atoms with Crippen LogP contribution in [-0.2, 0) is 18.9 Å². The van der Waals surface area contributed by atoms with Crippen molar-refractivity contribution in [2.45, 2.75) is 0 Å². The number of hydrogen-bond acceptors (Lipinski definition) is 4. The van der Waals surface area contributed by atoms with Gasteiger partial charge in [-0.15, -0.1) is 14.3 Å². The van der Waals surface area contributed by atoms with Gasteiger partial charge in [-0.25, -0.2) is 18.9 Å². The maximum absolute atomic E-state index is 10.7. The summed E-state index contributed by atoms with van der Waals surface area (Å²) in [5.74, 6) is 0. The smallest absolute Gasteiger partial charge is 0.242 e. The third-order valence-electron chi connectivity index (χ3n) is 0.513. The lowest BCUT2D eigenvalue weighted by atomic mass is 11.7. The minimum Gasteiger partial charge on any atom is -0.242 e. The van der Waals surface area contributed by atoms with Crippen LogP contribution in [0, 0.1) is 0 Å². The van der Waals surface area contributed by atoms with Gasteiger partial charge < -0.3 is 0 Å². The van der Waals surface area contributed by atoms with Crippen molar-refractivity contribution >= 4 is 35.7 Å². The molecule has 0 rings (SSSR count). The van der Waals surface area contributed by atoms with Gasteiger partial charge in [0.25, 0.3) is 0 Å². The maximum Gasteiger partial charge on any atom is 0.446 e. The molecule has 1 unspecified atom stereocenters. The van der Waals surface area contributed by atoms with Crippen LogP contribution in [0.3, 0.4) is 0 Å². The second-order valence-electron chi connectivity index (χ2n) is 1.09. The van der Waals surface area contributed by atoms with Gasteiger partial charge in [-0.2, -0.15) is 9.90 Å². The summed E-state index contributed by atoms with van der Waals surface area (Å²) in [4.78, 5) is 28.6. The van der Waals surface area contributed by atoms with Crippen LogP contribution in [0.4, 0.5) is 0 Å². The van der Waals surface area contributed by atoms with E-state index in [4.69, 9.17) is 0 Å². The molecule has 0 aliphatic carbocycles. The third-order valence-corrected chi connectivity index (χ3v) is 1.54. The summed E-state index contributed by atoms with van der Waals surface area (Å²) in [6.45, 7) is 0. The van der Waals surface area contributed by atoms with Crippen molar-refractivity contribution in [3.05, 3.63) is 0 Å². The number of rotatable bonds is 3. The molecule has 0 aliphatic heterocycles. The zero-order valence-corrected chi connectivity index (χ0v) is 7.94. The van der Waals surface area contributed by atoms with E-state index in [1.54, 1.807) is 0 Å². The maximum atomic E-state index is 10.7. The molecule has 0 bridgehead atoms. The molecule has 0 aliphatic rings. The van der Waals surface area contributed by atoms with E-state index in [-0.39, 0.29) is 9.90 Å². The molecule has 0 aromatic rings. The van der Waals surface area contributed by atoms with Crippen LogP contribution in [0.5, 0.6) is 0 Å². The highest BCUT2D eigenvalue weighted by atomic mass is 31.2. The lowest BCUT2D eigenvalue weighted by Crippen LogP contribution is -1.66. The molecule has 0 saturated heterocycles.